The molecule has 10 heteroatoms. The summed E-state index contributed by atoms with van der Waals surface area (Å²) in [6.07, 6.45) is 3.71. The van der Waals surface area contributed by atoms with Gasteiger partial charge < -0.3 is 20.4 Å². The minimum absolute atomic E-state index is 0.154. The van der Waals surface area contributed by atoms with Crippen LogP contribution < -0.4 is 20.9 Å². The van der Waals surface area contributed by atoms with Gasteiger partial charge in [0.1, 0.15) is 23.4 Å². The van der Waals surface area contributed by atoms with Gasteiger partial charge in [-0.25, -0.2) is 19.9 Å². The van der Waals surface area contributed by atoms with Gasteiger partial charge in [-0.3, -0.25) is 9.36 Å². The number of hydrogen-bond acceptors (Lipinski definition) is 8. The number of fused-ring (bicyclic) bond motifs is 2. The van der Waals surface area contributed by atoms with Crippen LogP contribution in [-0.4, -0.2) is 36.6 Å². The van der Waals surface area contributed by atoms with Crippen molar-refractivity contribution in [2.24, 2.45) is 0 Å². The molecule has 0 radical (unpaired) electrons. The van der Waals surface area contributed by atoms with Crippen LogP contribution in [0, 0.1) is 0 Å². The molecule has 0 fully saturated rings. The minimum atomic E-state index is -0.324. The number of para-hydroxylation sites is 1. The van der Waals surface area contributed by atoms with Crippen molar-refractivity contribution >= 4 is 33.6 Å². The van der Waals surface area contributed by atoms with Gasteiger partial charge in [-0.1, -0.05) is 43.3 Å². The summed E-state index contributed by atoms with van der Waals surface area (Å²) in [6.45, 7) is 2.59. The van der Waals surface area contributed by atoms with Gasteiger partial charge in [-0.15, -0.1) is 0 Å². The highest BCUT2D eigenvalue weighted by atomic mass is 16.5. The summed E-state index contributed by atoms with van der Waals surface area (Å²) >= 11 is 0. The second-order valence-electron chi connectivity index (χ2n) is 9.28. The van der Waals surface area contributed by atoms with E-state index in [0.717, 1.165) is 22.7 Å². The normalized spacial score (nSPS) is 11.9. The second-order valence-corrected chi connectivity index (χ2v) is 9.28. The zero-order valence-corrected chi connectivity index (χ0v) is 22.1. The molecule has 3 aromatic carbocycles. The van der Waals surface area contributed by atoms with Gasteiger partial charge in [0.05, 0.1) is 36.1 Å². The molecule has 0 saturated carbocycles. The number of benzene rings is 3. The van der Waals surface area contributed by atoms with Crippen LogP contribution in [0.5, 0.6) is 5.75 Å². The van der Waals surface area contributed by atoms with Crippen LogP contribution >= 0.6 is 0 Å². The smallest absolute Gasteiger partial charge is 0.268 e. The number of methoxy groups -OCH3 is 1. The van der Waals surface area contributed by atoms with E-state index < -0.39 is 0 Å². The van der Waals surface area contributed by atoms with Crippen molar-refractivity contribution < 1.29 is 4.74 Å². The maximum absolute atomic E-state index is 14.3. The lowest BCUT2D eigenvalue weighted by molar-refractivity contribution is 0.414. The predicted octanol–water partition coefficient (Wildman–Crippen LogP) is 5.24. The standard InChI is InChI=1S/C30H28N8O2/c1-3-22(36-28-26-27(33-17-32-26)34-18-35-28)29-37-24-11-7-10-23(31-16-19-12-14-21(40-2)15-13-19)25(24)30(39)38(29)20-8-5-4-6-9-20/h4-15,17-18,22,31H,3,16H2,1-2H3,(H2,32,33,34,35,36)/t22-/m0/s1. The minimum Gasteiger partial charge on any atom is -0.497 e. The summed E-state index contributed by atoms with van der Waals surface area (Å²) in [5.41, 5.74) is 4.23. The van der Waals surface area contributed by atoms with Gasteiger partial charge in [-0.05, 0) is 48.4 Å². The van der Waals surface area contributed by atoms with Crippen molar-refractivity contribution in [1.29, 1.82) is 0 Å². The van der Waals surface area contributed by atoms with Gasteiger partial charge in [-0.2, -0.15) is 0 Å². The molecule has 0 unspecified atom stereocenters. The molecule has 1 atom stereocenters. The van der Waals surface area contributed by atoms with Gasteiger partial charge in [0.15, 0.2) is 11.5 Å². The molecule has 0 bridgehead atoms. The van der Waals surface area contributed by atoms with Crippen LogP contribution in [0.2, 0.25) is 0 Å². The number of imidazole rings is 1. The Morgan fingerprint density at radius 2 is 1.80 bits per heavy atom. The molecule has 3 N–H and O–H groups in total. The number of nitrogens with zero attached hydrogens (tertiary/aromatic N) is 5. The Morgan fingerprint density at radius 3 is 2.58 bits per heavy atom. The van der Waals surface area contributed by atoms with Gasteiger partial charge in [0, 0.05) is 12.2 Å². The van der Waals surface area contributed by atoms with Crippen molar-refractivity contribution in [1.82, 2.24) is 29.5 Å². The average molecular weight is 533 g/mol. The van der Waals surface area contributed by atoms with Crippen LogP contribution in [0.3, 0.4) is 0 Å². The molecule has 200 valence electrons. The Morgan fingerprint density at radius 1 is 0.975 bits per heavy atom. The third-order valence-electron chi connectivity index (χ3n) is 6.83. The molecular weight excluding hydrogens is 504 g/mol. The van der Waals surface area contributed by atoms with Crippen molar-refractivity contribution in [2.75, 3.05) is 17.7 Å². The Labute approximate surface area is 230 Å². The zero-order chi connectivity index (χ0) is 27.5. The first-order chi connectivity index (χ1) is 19.7. The summed E-state index contributed by atoms with van der Waals surface area (Å²) in [6, 6.07) is 22.8. The van der Waals surface area contributed by atoms with Gasteiger partial charge in [0.25, 0.3) is 5.56 Å². The number of ether oxygens (including phenoxy) is 1. The SMILES string of the molecule is CC[C@H](Nc1ncnc2nc[nH]c12)c1nc2cccc(NCc3ccc(OC)cc3)c2c(=O)n1-c1ccccc1. The van der Waals surface area contributed by atoms with Crippen molar-refractivity contribution in [3.05, 3.63) is 107 Å². The summed E-state index contributed by atoms with van der Waals surface area (Å²) in [4.78, 5) is 35.3. The summed E-state index contributed by atoms with van der Waals surface area (Å²) in [5.74, 6) is 1.98. The molecule has 0 spiro atoms. The second kappa shape index (κ2) is 10.9. The topological polar surface area (TPSA) is 123 Å². The van der Waals surface area contributed by atoms with Crippen LogP contribution in [-0.2, 0) is 6.54 Å². The molecule has 0 amide bonds. The number of aromatic amines is 1. The molecule has 10 nitrogen and oxygen atoms in total. The molecule has 3 aromatic heterocycles. The third kappa shape index (κ3) is 4.71. The highest BCUT2D eigenvalue weighted by molar-refractivity contribution is 5.91. The van der Waals surface area contributed by atoms with Crippen LogP contribution in [0.4, 0.5) is 11.5 Å². The average Bonchev–Trinajstić information content (AvgIpc) is 3.49. The number of aromatic nitrogens is 6. The number of H-pyrrole nitrogens is 1. The van der Waals surface area contributed by atoms with Crippen molar-refractivity contribution in [3.63, 3.8) is 0 Å². The molecular formula is C30H28N8O2. The summed E-state index contributed by atoms with van der Waals surface area (Å²) in [5, 5.41) is 7.44. The Balaban J connectivity index is 1.45. The lowest BCUT2D eigenvalue weighted by Crippen LogP contribution is -2.28. The van der Waals surface area contributed by atoms with Crippen LogP contribution in [0.1, 0.15) is 30.8 Å². The molecule has 6 rings (SSSR count). The van der Waals surface area contributed by atoms with E-state index >= 15 is 0 Å². The van der Waals surface area contributed by atoms with Gasteiger partial charge >= 0.3 is 0 Å². The molecule has 0 aliphatic carbocycles. The number of anilines is 2. The highest BCUT2D eigenvalue weighted by Crippen LogP contribution is 2.28. The Kier molecular flexibility index (Phi) is 6.80. The lowest BCUT2D eigenvalue weighted by atomic mass is 10.1. The fourth-order valence-electron chi connectivity index (χ4n) is 4.78. The Hall–Kier alpha value is -5.25. The van der Waals surface area contributed by atoms with E-state index in [4.69, 9.17) is 9.72 Å². The maximum Gasteiger partial charge on any atom is 0.268 e. The number of nitrogens with one attached hydrogen (secondary N) is 3. The van der Waals surface area contributed by atoms with Crippen molar-refractivity contribution in [3.8, 4) is 11.4 Å². The molecule has 0 aliphatic heterocycles. The first kappa shape index (κ1) is 25.1. The molecule has 0 aliphatic rings. The predicted molar refractivity (Wildman–Crippen MR) is 156 cm³/mol. The van der Waals surface area contributed by atoms with E-state index in [1.807, 2.05) is 79.7 Å². The van der Waals surface area contributed by atoms with Gasteiger partial charge in [0.2, 0.25) is 0 Å². The Bertz CT molecular complexity index is 1830. The van der Waals surface area contributed by atoms with Crippen LogP contribution in [0.15, 0.2) is 90.2 Å². The third-order valence-corrected chi connectivity index (χ3v) is 6.83. The largest absolute Gasteiger partial charge is 0.497 e. The molecule has 6 aromatic rings. The monoisotopic (exact) mass is 532 g/mol. The molecule has 0 saturated heterocycles. The highest BCUT2D eigenvalue weighted by Gasteiger charge is 2.23. The van der Waals surface area contributed by atoms with Crippen LogP contribution in [0.25, 0.3) is 27.8 Å². The fraction of sp³-hybridized carbons (Fsp3) is 0.167. The summed E-state index contributed by atoms with van der Waals surface area (Å²) < 4.78 is 6.95. The summed E-state index contributed by atoms with van der Waals surface area (Å²) in [7, 11) is 1.65. The van der Waals surface area contributed by atoms with Crippen molar-refractivity contribution in [2.45, 2.75) is 25.9 Å². The molecule has 3 heterocycles. The van der Waals surface area contributed by atoms with E-state index in [1.54, 1.807) is 18.0 Å². The first-order valence-corrected chi connectivity index (χ1v) is 13.0. The number of hydrogen-bond donors (Lipinski definition) is 3. The van der Waals surface area contributed by atoms with E-state index in [9.17, 15) is 4.79 Å². The first-order valence-electron chi connectivity index (χ1n) is 13.0. The lowest BCUT2D eigenvalue weighted by Gasteiger charge is -2.23. The van der Waals surface area contributed by atoms with E-state index in [2.05, 4.69) is 30.6 Å². The fourth-order valence-corrected chi connectivity index (χ4v) is 4.78. The zero-order valence-electron chi connectivity index (χ0n) is 22.1. The quantitative estimate of drug-likeness (QED) is 0.231. The molecule has 40 heavy (non-hydrogen) atoms. The van der Waals surface area contributed by atoms with E-state index in [0.29, 0.717) is 46.7 Å². The number of rotatable bonds is 9. The van der Waals surface area contributed by atoms with E-state index in [1.165, 1.54) is 6.33 Å². The van der Waals surface area contributed by atoms with E-state index in [-0.39, 0.29) is 11.6 Å². The maximum atomic E-state index is 14.3.